The van der Waals surface area contributed by atoms with Gasteiger partial charge in [-0.25, -0.2) is 19.3 Å². The molecule has 0 bridgehead atoms. The molecule has 4 rings (SSSR count). The molecule has 10 heteroatoms. The van der Waals surface area contributed by atoms with Crippen molar-refractivity contribution in [3.8, 4) is 11.4 Å². The molecule has 2 aromatic carbocycles. The van der Waals surface area contributed by atoms with E-state index in [9.17, 15) is 14.0 Å². The molecule has 3 N–H and O–H groups in total. The summed E-state index contributed by atoms with van der Waals surface area (Å²) < 4.78 is 14.2. The van der Waals surface area contributed by atoms with Gasteiger partial charge in [-0.1, -0.05) is 23.9 Å². The minimum absolute atomic E-state index is 0.0787. The number of anilines is 2. The summed E-state index contributed by atoms with van der Waals surface area (Å²) in [4.78, 5) is 39.3. The minimum Gasteiger partial charge on any atom is -0.341 e. The number of rotatable bonds is 6. The van der Waals surface area contributed by atoms with Crippen molar-refractivity contribution >= 4 is 46.1 Å². The number of aromatic amines is 1. The quantitative estimate of drug-likeness (QED) is 0.313. The monoisotopic (exact) mass is 436 g/mol. The lowest BCUT2D eigenvalue weighted by molar-refractivity contribution is -0.114. The summed E-state index contributed by atoms with van der Waals surface area (Å²) in [5.41, 5.74) is 2.48. The van der Waals surface area contributed by atoms with E-state index in [1.807, 2.05) is 0 Å². The maximum absolute atomic E-state index is 14.2. The van der Waals surface area contributed by atoms with Crippen LogP contribution in [0, 0.1) is 5.82 Å². The van der Waals surface area contributed by atoms with E-state index in [1.54, 1.807) is 42.5 Å². The lowest BCUT2D eigenvalue weighted by atomic mass is 10.2. The van der Waals surface area contributed by atoms with Crippen LogP contribution in [0.25, 0.3) is 22.6 Å². The summed E-state index contributed by atoms with van der Waals surface area (Å²) in [6.07, 6.45) is 1.48. The number of aromatic nitrogens is 4. The molecule has 0 atom stereocenters. The average molecular weight is 436 g/mol. The summed E-state index contributed by atoms with van der Waals surface area (Å²) >= 11 is 1.19. The summed E-state index contributed by atoms with van der Waals surface area (Å²) in [5.74, 6) is -0.563. The molecule has 0 saturated carbocycles. The third kappa shape index (κ3) is 4.86. The zero-order valence-electron chi connectivity index (χ0n) is 16.3. The van der Waals surface area contributed by atoms with Gasteiger partial charge in [0.2, 0.25) is 11.8 Å². The van der Waals surface area contributed by atoms with Crippen LogP contribution >= 0.6 is 11.8 Å². The van der Waals surface area contributed by atoms with Crippen molar-refractivity contribution in [3.05, 3.63) is 60.7 Å². The van der Waals surface area contributed by atoms with Crippen molar-refractivity contribution < 1.29 is 14.0 Å². The zero-order valence-corrected chi connectivity index (χ0v) is 17.2. The van der Waals surface area contributed by atoms with Gasteiger partial charge in [0.1, 0.15) is 16.4 Å². The van der Waals surface area contributed by atoms with Gasteiger partial charge in [0, 0.05) is 18.3 Å². The summed E-state index contributed by atoms with van der Waals surface area (Å²) in [6.45, 7) is 1.42. The number of benzene rings is 2. The topological polar surface area (TPSA) is 113 Å². The first-order valence-corrected chi connectivity index (χ1v) is 10.2. The smallest absolute Gasteiger partial charge is 0.234 e. The van der Waals surface area contributed by atoms with Crippen LogP contribution < -0.4 is 10.6 Å². The number of fused-ring (bicyclic) bond motifs is 1. The fraction of sp³-hybridized carbons (Fsp3) is 0.0952. The average Bonchev–Trinajstić information content (AvgIpc) is 3.22. The Morgan fingerprint density at radius 1 is 1.03 bits per heavy atom. The predicted molar refractivity (Wildman–Crippen MR) is 117 cm³/mol. The van der Waals surface area contributed by atoms with Gasteiger partial charge in [-0.2, -0.15) is 0 Å². The van der Waals surface area contributed by atoms with Gasteiger partial charge >= 0.3 is 0 Å². The van der Waals surface area contributed by atoms with Gasteiger partial charge in [0.15, 0.2) is 11.5 Å². The molecular formula is C21H17FN6O2S. The van der Waals surface area contributed by atoms with E-state index in [-0.39, 0.29) is 29.0 Å². The molecule has 2 aromatic heterocycles. The number of hydrogen-bond donors (Lipinski definition) is 3. The standard InChI is InChI=1S/C21H17FN6O2S/c1-12(29)25-13-6-8-14(9-7-13)26-17(30)10-31-21-18-20(24-11-23-18)27-19(28-21)15-4-2-3-5-16(15)22/h2-9,11H,10H2,1H3,(H,25,29)(H,26,30)(H,23,24,27,28). The maximum Gasteiger partial charge on any atom is 0.234 e. The van der Waals surface area contributed by atoms with E-state index in [1.165, 1.54) is 31.1 Å². The highest BCUT2D eigenvalue weighted by Crippen LogP contribution is 2.27. The lowest BCUT2D eigenvalue weighted by Crippen LogP contribution is -2.14. The lowest BCUT2D eigenvalue weighted by Gasteiger charge is -2.08. The molecule has 0 fully saturated rings. The van der Waals surface area contributed by atoms with Gasteiger partial charge in [-0.15, -0.1) is 0 Å². The largest absolute Gasteiger partial charge is 0.341 e. The van der Waals surface area contributed by atoms with Crippen LogP contribution in [0.5, 0.6) is 0 Å². The van der Waals surface area contributed by atoms with E-state index in [0.29, 0.717) is 27.6 Å². The molecule has 0 aliphatic carbocycles. The second-order valence-electron chi connectivity index (χ2n) is 6.53. The van der Waals surface area contributed by atoms with E-state index in [4.69, 9.17) is 0 Å². The molecule has 4 aromatic rings. The van der Waals surface area contributed by atoms with Crippen LogP contribution in [0.4, 0.5) is 15.8 Å². The first kappa shape index (κ1) is 20.5. The van der Waals surface area contributed by atoms with Gasteiger partial charge < -0.3 is 15.6 Å². The summed E-state index contributed by atoms with van der Waals surface area (Å²) in [5, 5.41) is 5.95. The molecule has 8 nitrogen and oxygen atoms in total. The van der Waals surface area contributed by atoms with Crippen LogP contribution in [0.3, 0.4) is 0 Å². The molecule has 0 aliphatic rings. The number of nitrogens with zero attached hydrogens (tertiary/aromatic N) is 3. The number of nitrogens with one attached hydrogen (secondary N) is 3. The second-order valence-corrected chi connectivity index (χ2v) is 7.49. The van der Waals surface area contributed by atoms with Crippen molar-refractivity contribution in [1.82, 2.24) is 19.9 Å². The van der Waals surface area contributed by atoms with E-state index in [2.05, 4.69) is 30.6 Å². The van der Waals surface area contributed by atoms with E-state index < -0.39 is 5.82 Å². The van der Waals surface area contributed by atoms with Gasteiger partial charge in [-0.05, 0) is 36.4 Å². The number of carbonyl (C=O) groups excluding carboxylic acids is 2. The van der Waals surface area contributed by atoms with Crippen LogP contribution in [0.15, 0.2) is 59.9 Å². The molecule has 0 saturated heterocycles. The third-order valence-corrected chi connectivity index (χ3v) is 5.17. The van der Waals surface area contributed by atoms with Crippen molar-refractivity contribution in [2.24, 2.45) is 0 Å². The Morgan fingerprint density at radius 3 is 2.45 bits per heavy atom. The first-order chi connectivity index (χ1) is 15.0. The van der Waals surface area contributed by atoms with E-state index in [0.717, 1.165) is 0 Å². The highest BCUT2D eigenvalue weighted by molar-refractivity contribution is 8.00. The van der Waals surface area contributed by atoms with E-state index >= 15 is 0 Å². The molecule has 2 amide bonds. The number of H-pyrrole nitrogens is 1. The fourth-order valence-electron chi connectivity index (χ4n) is 2.85. The molecule has 2 heterocycles. The van der Waals surface area contributed by atoms with Crippen LogP contribution in [-0.4, -0.2) is 37.5 Å². The Balaban J connectivity index is 1.48. The normalized spacial score (nSPS) is 10.8. The van der Waals surface area contributed by atoms with Crippen molar-refractivity contribution in [2.75, 3.05) is 16.4 Å². The molecular weight excluding hydrogens is 419 g/mol. The number of amides is 2. The Kier molecular flexibility index (Phi) is 5.89. The molecule has 31 heavy (non-hydrogen) atoms. The second kappa shape index (κ2) is 8.92. The predicted octanol–water partition coefficient (Wildman–Crippen LogP) is 3.85. The third-order valence-electron chi connectivity index (χ3n) is 4.20. The Morgan fingerprint density at radius 2 is 1.74 bits per heavy atom. The molecule has 0 unspecified atom stereocenters. The fourth-order valence-corrected chi connectivity index (χ4v) is 3.63. The van der Waals surface area contributed by atoms with Crippen molar-refractivity contribution in [2.45, 2.75) is 11.9 Å². The van der Waals surface area contributed by atoms with Crippen molar-refractivity contribution in [1.29, 1.82) is 0 Å². The van der Waals surface area contributed by atoms with Gasteiger partial charge in [-0.3, -0.25) is 9.59 Å². The number of hydrogen-bond acceptors (Lipinski definition) is 6. The number of thioether (sulfide) groups is 1. The van der Waals surface area contributed by atoms with Crippen LogP contribution in [0.2, 0.25) is 0 Å². The van der Waals surface area contributed by atoms with Gasteiger partial charge in [0.05, 0.1) is 17.6 Å². The van der Waals surface area contributed by atoms with Crippen LogP contribution in [0.1, 0.15) is 6.92 Å². The highest BCUT2D eigenvalue weighted by atomic mass is 32.2. The SMILES string of the molecule is CC(=O)Nc1ccc(NC(=O)CSc2nc(-c3ccccc3F)nc3nc[nH]c23)cc1. The number of carbonyl (C=O) groups is 2. The first-order valence-electron chi connectivity index (χ1n) is 9.26. The maximum atomic E-state index is 14.2. The van der Waals surface area contributed by atoms with Crippen LogP contribution in [-0.2, 0) is 9.59 Å². The summed E-state index contributed by atoms with van der Waals surface area (Å²) in [6, 6.07) is 13.0. The van der Waals surface area contributed by atoms with Gasteiger partial charge in [0.25, 0.3) is 0 Å². The van der Waals surface area contributed by atoms with Crippen molar-refractivity contribution in [3.63, 3.8) is 0 Å². The highest BCUT2D eigenvalue weighted by Gasteiger charge is 2.15. The minimum atomic E-state index is -0.436. The number of halogens is 1. The Bertz CT molecular complexity index is 1260. The molecule has 156 valence electrons. The molecule has 0 spiro atoms. The number of imidazole rings is 1. The molecule has 0 radical (unpaired) electrons. The molecule has 0 aliphatic heterocycles. The zero-order chi connectivity index (χ0) is 21.8. The Hall–Kier alpha value is -3.79. The Labute approximate surface area is 180 Å². The summed E-state index contributed by atoms with van der Waals surface area (Å²) in [7, 11) is 0.